The van der Waals surface area contributed by atoms with Crippen LogP contribution in [0.1, 0.15) is 18.0 Å². The Labute approximate surface area is 121 Å². The maximum absolute atomic E-state index is 11.5. The third-order valence-electron chi connectivity index (χ3n) is 3.49. The second kappa shape index (κ2) is 5.90. The number of carbonyl (C=O) groups excluding carboxylic acids is 1. The van der Waals surface area contributed by atoms with Gasteiger partial charge >= 0.3 is 5.97 Å². The summed E-state index contributed by atoms with van der Waals surface area (Å²) in [5.41, 5.74) is 0.600. The molecule has 1 aliphatic heterocycles. The van der Waals surface area contributed by atoms with Gasteiger partial charge in [-0.15, -0.1) is 0 Å². The van der Waals surface area contributed by atoms with Gasteiger partial charge < -0.3 is 24.6 Å². The molecular formula is C14H17NO6. The lowest BCUT2D eigenvalue weighted by Crippen LogP contribution is -2.24. The van der Waals surface area contributed by atoms with Gasteiger partial charge in [0.05, 0.1) is 33.3 Å². The lowest BCUT2D eigenvalue weighted by Gasteiger charge is -2.19. The first-order chi connectivity index (χ1) is 10.0. The highest BCUT2D eigenvalue weighted by atomic mass is 16.5. The molecule has 21 heavy (non-hydrogen) atoms. The summed E-state index contributed by atoms with van der Waals surface area (Å²) in [6, 6.07) is 2.67. The Morgan fingerprint density at radius 1 is 1.19 bits per heavy atom. The minimum atomic E-state index is -1.02. The van der Waals surface area contributed by atoms with Crippen LogP contribution in [0.5, 0.6) is 17.2 Å². The molecule has 1 fully saturated rings. The molecule has 0 aliphatic carbocycles. The third-order valence-corrected chi connectivity index (χ3v) is 3.49. The van der Waals surface area contributed by atoms with Crippen molar-refractivity contribution in [2.75, 3.05) is 21.3 Å². The number of methoxy groups -OCH3 is 3. The topological polar surface area (TPSA) is 94.1 Å². The Morgan fingerprint density at radius 2 is 1.76 bits per heavy atom. The van der Waals surface area contributed by atoms with Crippen molar-refractivity contribution in [2.45, 2.75) is 12.5 Å². The molecular weight excluding hydrogens is 278 g/mol. The van der Waals surface area contributed by atoms with Gasteiger partial charge in [-0.2, -0.15) is 0 Å². The molecule has 0 saturated carbocycles. The van der Waals surface area contributed by atoms with Crippen LogP contribution in [0.4, 0.5) is 0 Å². The van der Waals surface area contributed by atoms with Gasteiger partial charge in [0, 0.05) is 6.42 Å². The molecule has 114 valence electrons. The van der Waals surface area contributed by atoms with Crippen molar-refractivity contribution in [2.24, 2.45) is 5.92 Å². The predicted molar refractivity (Wildman–Crippen MR) is 72.7 cm³/mol. The van der Waals surface area contributed by atoms with Gasteiger partial charge in [-0.3, -0.25) is 9.59 Å². The summed E-state index contributed by atoms with van der Waals surface area (Å²) in [4.78, 5) is 22.8. The van der Waals surface area contributed by atoms with Crippen LogP contribution in [-0.2, 0) is 9.59 Å². The molecule has 0 spiro atoms. The standard InChI is InChI=1S/C14H17NO6/c1-19-9-4-7(5-10(20-2)13(9)21-3)12-8(14(17)18)6-11(16)15-12/h4-5,8,12H,6H2,1-3H3,(H,15,16)(H,17,18)/t8-,12-/m0/s1. The molecule has 2 rings (SSSR count). The van der Waals surface area contributed by atoms with Crippen LogP contribution >= 0.6 is 0 Å². The molecule has 0 radical (unpaired) electrons. The van der Waals surface area contributed by atoms with Gasteiger partial charge in [-0.25, -0.2) is 0 Å². The van der Waals surface area contributed by atoms with Crippen LogP contribution in [0.25, 0.3) is 0 Å². The number of ether oxygens (including phenoxy) is 3. The van der Waals surface area contributed by atoms with E-state index in [4.69, 9.17) is 14.2 Å². The van der Waals surface area contributed by atoms with E-state index in [1.165, 1.54) is 21.3 Å². The summed E-state index contributed by atoms with van der Waals surface area (Å²) in [6.07, 6.45) is -0.0450. The molecule has 2 N–H and O–H groups in total. The molecule has 1 heterocycles. The Balaban J connectivity index is 2.48. The van der Waals surface area contributed by atoms with Crippen LogP contribution in [0, 0.1) is 5.92 Å². The average molecular weight is 295 g/mol. The Hall–Kier alpha value is -2.44. The molecule has 1 saturated heterocycles. The average Bonchev–Trinajstić information content (AvgIpc) is 2.87. The molecule has 0 unspecified atom stereocenters. The van der Waals surface area contributed by atoms with Gasteiger partial charge in [-0.05, 0) is 17.7 Å². The number of carbonyl (C=O) groups is 2. The monoisotopic (exact) mass is 295 g/mol. The van der Waals surface area contributed by atoms with E-state index < -0.39 is 17.9 Å². The maximum atomic E-state index is 11.5. The number of carboxylic acid groups (broad SMARTS) is 1. The van der Waals surface area contributed by atoms with Crippen molar-refractivity contribution in [3.63, 3.8) is 0 Å². The van der Waals surface area contributed by atoms with E-state index in [2.05, 4.69) is 5.32 Å². The van der Waals surface area contributed by atoms with Crippen molar-refractivity contribution in [3.05, 3.63) is 17.7 Å². The molecule has 0 bridgehead atoms. The summed E-state index contributed by atoms with van der Waals surface area (Å²) in [5.74, 6) is -0.886. The lowest BCUT2D eigenvalue weighted by molar-refractivity contribution is -0.142. The highest BCUT2D eigenvalue weighted by Crippen LogP contribution is 2.42. The number of hydrogen-bond donors (Lipinski definition) is 2. The molecule has 7 heteroatoms. The quantitative estimate of drug-likeness (QED) is 0.840. The van der Waals surface area contributed by atoms with Gasteiger partial charge in [0.2, 0.25) is 11.7 Å². The van der Waals surface area contributed by atoms with Crippen molar-refractivity contribution < 1.29 is 28.9 Å². The zero-order chi connectivity index (χ0) is 15.6. The lowest BCUT2D eigenvalue weighted by atomic mass is 9.94. The number of aliphatic carboxylic acids is 1. The van der Waals surface area contributed by atoms with Crippen molar-refractivity contribution >= 4 is 11.9 Å². The fourth-order valence-electron chi connectivity index (χ4n) is 2.48. The van der Waals surface area contributed by atoms with Crippen molar-refractivity contribution in [1.82, 2.24) is 5.32 Å². The van der Waals surface area contributed by atoms with Crippen LogP contribution in [0.3, 0.4) is 0 Å². The largest absolute Gasteiger partial charge is 0.493 e. The summed E-state index contributed by atoms with van der Waals surface area (Å²) in [5, 5.41) is 11.9. The second-order valence-electron chi connectivity index (χ2n) is 4.65. The number of amides is 1. The summed E-state index contributed by atoms with van der Waals surface area (Å²) >= 11 is 0. The van der Waals surface area contributed by atoms with E-state index in [9.17, 15) is 14.7 Å². The fraction of sp³-hybridized carbons (Fsp3) is 0.429. The highest BCUT2D eigenvalue weighted by molar-refractivity contribution is 5.87. The van der Waals surface area contributed by atoms with Gasteiger partial charge in [0.25, 0.3) is 0 Å². The van der Waals surface area contributed by atoms with Crippen LogP contribution < -0.4 is 19.5 Å². The van der Waals surface area contributed by atoms with E-state index in [1.54, 1.807) is 12.1 Å². The van der Waals surface area contributed by atoms with Gasteiger partial charge in [0.1, 0.15) is 0 Å². The first-order valence-corrected chi connectivity index (χ1v) is 6.33. The van der Waals surface area contributed by atoms with E-state index in [-0.39, 0.29) is 12.3 Å². The molecule has 1 aliphatic rings. The molecule has 7 nitrogen and oxygen atoms in total. The smallest absolute Gasteiger partial charge is 0.309 e. The van der Waals surface area contributed by atoms with Crippen molar-refractivity contribution in [1.29, 1.82) is 0 Å². The first-order valence-electron chi connectivity index (χ1n) is 6.33. The van der Waals surface area contributed by atoms with Gasteiger partial charge in [0.15, 0.2) is 11.5 Å². The summed E-state index contributed by atoms with van der Waals surface area (Å²) < 4.78 is 15.7. The molecule has 1 aromatic rings. The van der Waals surface area contributed by atoms with Crippen molar-refractivity contribution in [3.8, 4) is 17.2 Å². The predicted octanol–water partition coefficient (Wildman–Crippen LogP) is 0.974. The number of rotatable bonds is 5. The number of carboxylic acids is 1. The van der Waals surface area contributed by atoms with E-state index in [1.807, 2.05) is 0 Å². The SMILES string of the molecule is COc1cc([C@@H]2NC(=O)C[C@@H]2C(=O)O)cc(OC)c1OC. The number of benzene rings is 1. The molecule has 0 aromatic heterocycles. The van der Waals surface area contributed by atoms with Crippen LogP contribution in [0.15, 0.2) is 12.1 Å². The molecule has 2 atom stereocenters. The highest BCUT2D eigenvalue weighted by Gasteiger charge is 2.39. The first kappa shape index (κ1) is 15.0. The minimum absolute atomic E-state index is 0.0450. The number of nitrogens with one attached hydrogen (secondary N) is 1. The molecule has 1 amide bonds. The molecule has 1 aromatic carbocycles. The fourth-order valence-corrected chi connectivity index (χ4v) is 2.48. The Morgan fingerprint density at radius 3 is 2.19 bits per heavy atom. The maximum Gasteiger partial charge on any atom is 0.309 e. The Kier molecular flexibility index (Phi) is 4.21. The van der Waals surface area contributed by atoms with Crippen LogP contribution in [0.2, 0.25) is 0 Å². The summed E-state index contributed by atoms with van der Waals surface area (Å²) in [6.45, 7) is 0. The second-order valence-corrected chi connectivity index (χ2v) is 4.65. The summed E-state index contributed by atoms with van der Waals surface area (Å²) in [7, 11) is 4.43. The van der Waals surface area contributed by atoms with E-state index in [0.29, 0.717) is 22.8 Å². The Bertz CT molecular complexity index is 546. The minimum Gasteiger partial charge on any atom is -0.493 e. The van der Waals surface area contributed by atoms with Crippen LogP contribution in [-0.4, -0.2) is 38.3 Å². The van der Waals surface area contributed by atoms with Gasteiger partial charge in [-0.1, -0.05) is 0 Å². The normalized spacial score (nSPS) is 20.8. The zero-order valence-electron chi connectivity index (χ0n) is 12.0. The van der Waals surface area contributed by atoms with E-state index >= 15 is 0 Å². The number of hydrogen-bond acceptors (Lipinski definition) is 5. The van der Waals surface area contributed by atoms with E-state index in [0.717, 1.165) is 0 Å². The third kappa shape index (κ3) is 2.72. The zero-order valence-corrected chi connectivity index (χ0v) is 12.0.